The van der Waals surface area contributed by atoms with Gasteiger partial charge in [0.15, 0.2) is 0 Å². The number of hydrogen-bond acceptors (Lipinski definition) is 2. The molecule has 76 valence electrons. The van der Waals surface area contributed by atoms with E-state index in [0.29, 0.717) is 0 Å². The Bertz CT molecular complexity index is 152. The molecule has 3 unspecified atom stereocenters. The Balaban J connectivity index is 1.93. The van der Waals surface area contributed by atoms with E-state index in [1.165, 1.54) is 32.1 Å². The van der Waals surface area contributed by atoms with E-state index in [9.17, 15) is 0 Å². The fraction of sp³-hybridized carbons (Fsp3) is 1.00. The molecule has 2 nitrogen and oxygen atoms in total. The highest BCUT2D eigenvalue weighted by Gasteiger charge is 2.32. The van der Waals surface area contributed by atoms with Gasteiger partial charge in [-0.05, 0) is 38.1 Å². The molecule has 13 heavy (non-hydrogen) atoms. The Labute approximate surface area is 81.0 Å². The molecule has 0 bridgehead atoms. The molecule has 1 aliphatic carbocycles. The van der Waals surface area contributed by atoms with Gasteiger partial charge in [0.1, 0.15) is 0 Å². The summed E-state index contributed by atoms with van der Waals surface area (Å²) in [5.74, 6) is 1.74. The summed E-state index contributed by atoms with van der Waals surface area (Å²) in [5.41, 5.74) is 0. The zero-order valence-corrected chi connectivity index (χ0v) is 8.59. The van der Waals surface area contributed by atoms with Gasteiger partial charge in [0.25, 0.3) is 0 Å². The molecular weight excluding hydrogens is 162 g/mol. The Kier molecular flexibility index (Phi) is 3.23. The zero-order chi connectivity index (χ0) is 9.10. The third-order valence-corrected chi connectivity index (χ3v) is 3.76. The van der Waals surface area contributed by atoms with Crippen molar-refractivity contribution in [3.63, 3.8) is 0 Å². The van der Waals surface area contributed by atoms with Crippen LogP contribution in [-0.4, -0.2) is 26.3 Å². The van der Waals surface area contributed by atoms with E-state index >= 15 is 0 Å². The molecule has 0 aromatic carbocycles. The van der Waals surface area contributed by atoms with E-state index in [2.05, 4.69) is 12.4 Å². The molecule has 2 rings (SSSR count). The predicted molar refractivity (Wildman–Crippen MR) is 53.7 cm³/mol. The van der Waals surface area contributed by atoms with Crippen LogP contribution in [0.2, 0.25) is 0 Å². The van der Waals surface area contributed by atoms with Crippen LogP contribution in [0.15, 0.2) is 0 Å². The van der Waals surface area contributed by atoms with Crippen LogP contribution in [0.1, 0.15) is 32.1 Å². The number of rotatable bonds is 2. The predicted octanol–water partition coefficient (Wildman–Crippen LogP) is 1.80. The molecule has 0 amide bonds. The van der Waals surface area contributed by atoms with Gasteiger partial charge in [-0.15, -0.1) is 0 Å². The van der Waals surface area contributed by atoms with Crippen LogP contribution in [-0.2, 0) is 4.74 Å². The lowest BCUT2D eigenvalue weighted by molar-refractivity contribution is 0.143. The summed E-state index contributed by atoms with van der Waals surface area (Å²) >= 11 is 0. The standard InChI is InChI=1S/C11H21NO/c1-12-11-5-3-2-4-10(11)9-6-7-13-8-9/h9-12H,2-8H2,1H3. The first-order valence-corrected chi connectivity index (χ1v) is 5.67. The Morgan fingerprint density at radius 2 is 2.00 bits per heavy atom. The van der Waals surface area contributed by atoms with Crippen LogP contribution in [0.5, 0.6) is 0 Å². The molecule has 0 aromatic heterocycles. The lowest BCUT2D eigenvalue weighted by Crippen LogP contribution is -2.40. The van der Waals surface area contributed by atoms with E-state index in [-0.39, 0.29) is 0 Å². The first kappa shape index (κ1) is 9.47. The van der Waals surface area contributed by atoms with Crippen molar-refractivity contribution in [1.29, 1.82) is 0 Å². The lowest BCUT2D eigenvalue weighted by Gasteiger charge is -2.34. The Hall–Kier alpha value is -0.0800. The summed E-state index contributed by atoms with van der Waals surface area (Å²) in [5, 5.41) is 3.48. The van der Waals surface area contributed by atoms with Crippen molar-refractivity contribution in [1.82, 2.24) is 5.32 Å². The van der Waals surface area contributed by atoms with Crippen molar-refractivity contribution in [2.45, 2.75) is 38.1 Å². The van der Waals surface area contributed by atoms with Gasteiger partial charge < -0.3 is 10.1 Å². The largest absolute Gasteiger partial charge is 0.381 e. The van der Waals surface area contributed by atoms with Crippen molar-refractivity contribution < 1.29 is 4.74 Å². The van der Waals surface area contributed by atoms with Gasteiger partial charge in [-0.3, -0.25) is 0 Å². The Morgan fingerprint density at radius 1 is 1.15 bits per heavy atom. The molecule has 2 aliphatic rings. The van der Waals surface area contributed by atoms with Crippen molar-refractivity contribution in [2.75, 3.05) is 20.3 Å². The van der Waals surface area contributed by atoms with Gasteiger partial charge >= 0.3 is 0 Å². The summed E-state index contributed by atoms with van der Waals surface area (Å²) in [6.07, 6.45) is 6.93. The molecule has 3 atom stereocenters. The Morgan fingerprint density at radius 3 is 2.69 bits per heavy atom. The molecule has 2 heteroatoms. The number of ether oxygens (including phenoxy) is 1. The summed E-state index contributed by atoms with van der Waals surface area (Å²) in [6, 6.07) is 0.764. The summed E-state index contributed by atoms with van der Waals surface area (Å²) in [6.45, 7) is 2.01. The first-order valence-electron chi connectivity index (χ1n) is 5.67. The van der Waals surface area contributed by atoms with Crippen LogP contribution in [0.3, 0.4) is 0 Å². The fourth-order valence-electron chi connectivity index (χ4n) is 2.97. The minimum absolute atomic E-state index is 0.764. The van der Waals surface area contributed by atoms with Crippen LogP contribution in [0.25, 0.3) is 0 Å². The van der Waals surface area contributed by atoms with Crippen LogP contribution in [0, 0.1) is 11.8 Å². The maximum atomic E-state index is 5.48. The minimum Gasteiger partial charge on any atom is -0.381 e. The van der Waals surface area contributed by atoms with Crippen molar-refractivity contribution in [3.05, 3.63) is 0 Å². The third kappa shape index (κ3) is 2.05. The molecule has 1 saturated heterocycles. The van der Waals surface area contributed by atoms with Crippen molar-refractivity contribution >= 4 is 0 Å². The minimum atomic E-state index is 0.764. The van der Waals surface area contributed by atoms with Gasteiger partial charge in [-0.2, -0.15) is 0 Å². The van der Waals surface area contributed by atoms with Gasteiger partial charge in [-0.1, -0.05) is 12.8 Å². The second kappa shape index (κ2) is 4.43. The highest BCUT2D eigenvalue weighted by Crippen LogP contribution is 2.34. The van der Waals surface area contributed by atoms with E-state index in [0.717, 1.165) is 31.1 Å². The summed E-state index contributed by atoms with van der Waals surface area (Å²) in [4.78, 5) is 0. The second-order valence-electron chi connectivity index (χ2n) is 4.47. The highest BCUT2D eigenvalue weighted by molar-refractivity contribution is 4.86. The quantitative estimate of drug-likeness (QED) is 0.705. The van der Waals surface area contributed by atoms with Crippen LogP contribution >= 0.6 is 0 Å². The van der Waals surface area contributed by atoms with Crippen LogP contribution < -0.4 is 5.32 Å². The molecule has 1 N–H and O–H groups in total. The van der Waals surface area contributed by atoms with Gasteiger partial charge in [0, 0.05) is 19.3 Å². The molecule has 0 spiro atoms. The molecule has 1 aliphatic heterocycles. The second-order valence-corrected chi connectivity index (χ2v) is 4.47. The topological polar surface area (TPSA) is 21.3 Å². The SMILES string of the molecule is CNC1CCCCC1C1CCOC1. The van der Waals surface area contributed by atoms with E-state index < -0.39 is 0 Å². The summed E-state index contributed by atoms with van der Waals surface area (Å²) < 4.78 is 5.48. The molecule has 0 aromatic rings. The molecule has 1 saturated carbocycles. The number of nitrogens with one attached hydrogen (secondary N) is 1. The van der Waals surface area contributed by atoms with Gasteiger partial charge in [-0.25, -0.2) is 0 Å². The molecular formula is C11H21NO. The van der Waals surface area contributed by atoms with E-state index in [1.54, 1.807) is 0 Å². The highest BCUT2D eigenvalue weighted by atomic mass is 16.5. The monoisotopic (exact) mass is 183 g/mol. The van der Waals surface area contributed by atoms with Crippen molar-refractivity contribution in [3.8, 4) is 0 Å². The molecule has 1 heterocycles. The van der Waals surface area contributed by atoms with Crippen LogP contribution in [0.4, 0.5) is 0 Å². The van der Waals surface area contributed by atoms with Gasteiger partial charge in [0.05, 0.1) is 0 Å². The third-order valence-electron chi connectivity index (χ3n) is 3.76. The normalized spacial score (nSPS) is 40.8. The first-order chi connectivity index (χ1) is 6.42. The fourth-order valence-corrected chi connectivity index (χ4v) is 2.97. The maximum absolute atomic E-state index is 5.48. The average molecular weight is 183 g/mol. The maximum Gasteiger partial charge on any atom is 0.0498 e. The summed E-state index contributed by atoms with van der Waals surface area (Å²) in [7, 11) is 2.11. The zero-order valence-electron chi connectivity index (χ0n) is 8.59. The lowest BCUT2D eigenvalue weighted by atomic mass is 9.76. The average Bonchev–Trinajstić information content (AvgIpc) is 2.70. The number of hydrogen-bond donors (Lipinski definition) is 1. The molecule has 2 fully saturated rings. The van der Waals surface area contributed by atoms with Crippen molar-refractivity contribution in [2.24, 2.45) is 11.8 Å². The van der Waals surface area contributed by atoms with E-state index in [1.807, 2.05) is 0 Å². The smallest absolute Gasteiger partial charge is 0.0498 e. The molecule has 0 radical (unpaired) electrons. The van der Waals surface area contributed by atoms with Gasteiger partial charge in [0.2, 0.25) is 0 Å². The van der Waals surface area contributed by atoms with E-state index in [4.69, 9.17) is 4.74 Å².